The number of carbonyl (C=O) groups is 1. The third-order valence-electron chi connectivity index (χ3n) is 5.29. The van der Waals surface area contributed by atoms with E-state index in [-0.39, 0.29) is 17.9 Å². The second kappa shape index (κ2) is 8.45. The number of carbonyl (C=O) groups excluding carboxylic acids is 1. The van der Waals surface area contributed by atoms with Crippen LogP contribution in [0.1, 0.15) is 34.6 Å². The summed E-state index contributed by atoms with van der Waals surface area (Å²) in [6, 6.07) is 12.3. The first kappa shape index (κ1) is 21.5. The summed E-state index contributed by atoms with van der Waals surface area (Å²) in [7, 11) is 3.04. The SMILES string of the molecule is COc1ccc(NC(=O)c2cc3n(n2)[C@H](C(F)(F)F)C[C@@H](c2ccc(OC)cc2)N3)cc1. The van der Waals surface area contributed by atoms with Gasteiger partial charge in [-0.1, -0.05) is 12.1 Å². The lowest BCUT2D eigenvalue weighted by Crippen LogP contribution is -2.35. The number of alkyl halides is 3. The Labute approximate surface area is 182 Å². The predicted molar refractivity (Wildman–Crippen MR) is 112 cm³/mol. The summed E-state index contributed by atoms with van der Waals surface area (Å²) in [5.41, 5.74) is 1.03. The van der Waals surface area contributed by atoms with Crippen LogP contribution in [0.15, 0.2) is 54.6 Å². The van der Waals surface area contributed by atoms with Gasteiger partial charge in [0.1, 0.15) is 17.3 Å². The van der Waals surface area contributed by atoms with Crippen molar-refractivity contribution in [1.29, 1.82) is 0 Å². The second-order valence-electron chi connectivity index (χ2n) is 7.31. The zero-order valence-electron chi connectivity index (χ0n) is 17.3. The molecule has 0 saturated carbocycles. The van der Waals surface area contributed by atoms with Gasteiger partial charge in [0, 0.05) is 18.2 Å². The molecule has 168 valence electrons. The average Bonchev–Trinajstić information content (AvgIpc) is 3.22. The number of rotatable bonds is 5. The number of halogens is 3. The van der Waals surface area contributed by atoms with Crippen LogP contribution in [0, 0.1) is 0 Å². The van der Waals surface area contributed by atoms with E-state index in [2.05, 4.69) is 15.7 Å². The lowest BCUT2D eigenvalue weighted by Gasteiger charge is -2.33. The molecule has 0 radical (unpaired) electrons. The van der Waals surface area contributed by atoms with Crippen molar-refractivity contribution in [1.82, 2.24) is 9.78 Å². The van der Waals surface area contributed by atoms with Gasteiger partial charge in [-0.2, -0.15) is 18.3 Å². The number of methoxy groups -OCH3 is 2. The van der Waals surface area contributed by atoms with E-state index in [1.54, 1.807) is 48.5 Å². The molecule has 0 unspecified atom stereocenters. The normalized spacial score (nSPS) is 17.8. The fourth-order valence-corrected chi connectivity index (χ4v) is 3.61. The molecule has 4 rings (SSSR count). The highest BCUT2D eigenvalue weighted by Gasteiger charge is 2.46. The van der Waals surface area contributed by atoms with Crippen LogP contribution in [-0.4, -0.2) is 36.1 Å². The Balaban J connectivity index is 1.60. The molecule has 1 aliphatic heterocycles. The van der Waals surface area contributed by atoms with Crippen LogP contribution in [0.4, 0.5) is 24.7 Å². The van der Waals surface area contributed by atoms with Gasteiger partial charge in [0.25, 0.3) is 5.91 Å². The number of hydrogen-bond acceptors (Lipinski definition) is 5. The number of aromatic nitrogens is 2. The Morgan fingerprint density at radius 1 is 1.06 bits per heavy atom. The first-order chi connectivity index (χ1) is 15.3. The molecular weight excluding hydrogens is 425 g/mol. The summed E-state index contributed by atoms with van der Waals surface area (Å²) in [5.74, 6) is 0.738. The van der Waals surface area contributed by atoms with E-state index >= 15 is 0 Å². The second-order valence-corrected chi connectivity index (χ2v) is 7.31. The molecule has 1 aromatic heterocycles. The molecule has 0 spiro atoms. The van der Waals surface area contributed by atoms with E-state index in [0.717, 1.165) is 4.68 Å². The minimum atomic E-state index is -4.53. The van der Waals surface area contributed by atoms with Crippen LogP contribution in [0.25, 0.3) is 0 Å². The van der Waals surface area contributed by atoms with Crippen molar-refractivity contribution in [2.24, 2.45) is 0 Å². The topological polar surface area (TPSA) is 77.4 Å². The summed E-state index contributed by atoms with van der Waals surface area (Å²) in [4.78, 5) is 12.6. The summed E-state index contributed by atoms with van der Waals surface area (Å²) in [6.07, 6.45) is -4.79. The maximum absolute atomic E-state index is 13.8. The largest absolute Gasteiger partial charge is 0.497 e. The smallest absolute Gasteiger partial charge is 0.410 e. The van der Waals surface area contributed by atoms with Crippen LogP contribution < -0.4 is 20.1 Å². The molecule has 7 nitrogen and oxygen atoms in total. The van der Waals surface area contributed by atoms with Gasteiger partial charge >= 0.3 is 6.18 Å². The van der Waals surface area contributed by atoms with E-state index in [1.165, 1.54) is 20.3 Å². The number of anilines is 2. The molecular formula is C22H21F3N4O3. The van der Waals surface area contributed by atoms with Crippen molar-refractivity contribution < 1.29 is 27.4 Å². The third kappa shape index (κ3) is 4.34. The Kier molecular flexibility index (Phi) is 5.68. The summed E-state index contributed by atoms with van der Waals surface area (Å²) < 4.78 is 52.5. The molecule has 0 saturated heterocycles. The summed E-state index contributed by atoms with van der Waals surface area (Å²) >= 11 is 0. The fraction of sp³-hybridized carbons (Fsp3) is 0.273. The monoisotopic (exact) mass is 446 g/mol. The molecule has 10 heteroatoms. The number of nitrogens with zero attached hydrogens (tertiary/aromatic N) is 2. The van der Waals surface area contributed by atoms with Gasteiger partial charge in [0.05, 0.1) is 20.3 Å². The van der Waals surface area contributed by atoms with Gasteiger partial charge < -0.3 is 20.1 Å². The zero-order chi connectivity index (χ0) is 22.9. The molecule has 2 aromatic carbocycles. The molecule has 0 fully saturated rings. The highest BCUT2D eigenvalue weighted by molar-refractivity contribution is 6.03. The van der Waals surface area contributed by atoms with E-state index in [4.69, 9.17) is 9.47 Å². The molecule has 3 aromatic rings. The van der Waals surface area contributed by atoms with E-state index in [0.29, 0.717) is 22.7 Å². The predicted octanol–water partition coefficient (Wildman–Crippen LogP) is 4.81. The van der Waals surface area contributed by atoms with Crippen LogP contribution in [0.2, 0.25) is 0 Å². The van der Waals surface area contributed by atoms with Gasteiger partial charge in [-0.3, -0.25) is 4.79 Å². The maximum Gasteiger partial charge on any atom is 0.410 e. The number of fused-ring (bicyclic) bond motifs is 1. The van der Waals surface area contributed by atoms with E-state index < -0.39 is 24.2 Å². The lowest BCUT2D eigenvalue weighted by atomic mass is 9.97. The molecule has 0 aliphatic carbocycles. The molecule has 2 atom stereocenters. The van der Waals surface area contributed by atoms with Crippen LogP contribution in [-0.2, 0) is 0 Å². The first-order valence-electron chi connectivity index (χ1n) is 9.80. The molecule has 0 bridgehead atoms. The summed E-state index contributed by atoms with van der Waals surface area (Å²) in [5, 5.41) is 9.67. The van der Waals surface area contributed by atoms with Crippen molar-refractivity contribution in [3.8, 4) is 11.5 Å². The standard InChI is InChI=1S/C22H21F3N4O3/c1-31-15-7-3-13(4-8-15)17-11-19(22(23,24)25)29-20(27-17)12-18(28-29)21(30)26-14-5-9-16(32-2)10-6-14/h3-10,12,17,19,27H,11H2,1-2H3,(H,26,30)/t17-,19-/m0/s1. The van der Waals surface area contributed by atoms with Gasteiger partial charge in [-0.15, -0.1) is 0 Å². The number of benzene rings is 2. The lowest BCUT2D eigenvalue weighted by molar-refractivity contribution is -0.173. The number of hydrogen-bond donors (Lipinski definition) is 2. The molecule has 1 amide bonds. The number of amides is 1. The Morgan fingerprint density at radius 2 is 1.66 bits per heavy atom. The average molecular weight is 446 g/mol. The molecule has 1 aliphatic rings. The maximum atomic E-state index is 13.8. The molecule has 2 N–H and O–H groups in total. The highest BCUT2D eigenvalue weighted by atomic mass is 19.4. The summed E-state index contributed by atoms with van der Waals surface area (Å²) in [6.45, 7) is 0. The van der Waals surface area contributed by atoms with E-state index in [9.17, 15) is 18.0 Å². The Bertz CT molecular complexity index is 1100. The van der Waals surface area contributed by atoms with Gasteiger partial charge in [-0.25, -0.2) is 4.68 Å². The van der Waals surface area contributed by atoms with Gasteiger partial charge in [0.2, 0.25) is 0 Å². The van der Waals surface area contributed by atoms with Gasteiger partial charge in [-0.05, 0) is 42.0 Å². The minimum absolute atomic E-state index is 0.118. The van der Waals surface area contributed by atoms with E-state index in [1.807, 2.05) is 0 Å². The van der Waals surface area contributed by atoms with Crippen molar-refractivity contribution in [3.63, 3.8) is 0 Å². The highest BCUT2D eigenvalue weighted by Crippen LogP contribution is 2.43. The molecule has 32 heavy (non-hydrogen) atoms. The Hall–Kier alpha value is -3.69. The van der Waals surface area contributed by atoms with Crippen LogP contribution >= 0.6 is 0 Å². The number of ether oxygens (including phenoxy) is 2. The zero-order valence-corrected chi connectivity index (χ0v) is 17.3. The van der Waals surface area contributed by atoms with Crippen molar-refractivity contribution >= 4 is 17.4 Å². The quantitative estimate of drug-likeness (QED) is 0.588. The Morgan fingerprint density at radius 3 is 2.22 bits per heavy atom. The number of nitrogens with one attached hydrogen (secondary N) is 2. The van der Waals surface area contributed by atoms with Crippen molar-refractivity contribution in [2.75, 3.05) is 24.9 Å². The minimum Gasteiger partial charge on any atom is -0.497 e. The first-order valence-corrected chi connectivity index (χ1v) is 9.80. The third-order valence-corrected chi connectivity index (χ3v) is 5.29. The van der Waals surface area contributed by atoms with Crippen LogP contribution in [0.5, 0.6) is 11.5 Å². The fourth-order valence-electron chi connectivity index (χ4n) is 3.61. The van der Waals surface area contributed by atoms with Crippen molar-refractivity contribution in [3.05, 3.63) is 65.9 Å². The molecule has 2 heterocycles. The van der Waals surface area contributed by atoms with Crippen molar-refractivity contribution in [2.45, 2.75) is 24.7 Å². The van der Waals surface area contributed by atoms with Gasteiger partial charge in [0.15, 0.2) is 11.7 Å². The van der Waals surface area contributed by atoms with Crippen LogP contribution in [0.3, 0.4) is 0 Å².